The second kappa shape index (κ2) is 8.40. The highest BCUT2D eigenvalue weighted by Crippen LogP contribution is 2.38. The smallest absolute Gasteiger partial charge is 0.227 e. The third-order valence-corrected chi connectivity index (χ3v) is 5.78. The minimum Gasteiger partial charge on any atom is -0.324 e. The highest BCUT2D eigenvalue weighted by molar-refractivity contribution is 5.61. The molecule has 3 aromatic heterocycles. The van der Waals surface area contributed by atoms with Crippen molar-refractivity contribution in [3.8, 4) is 23.0 Å². The van der Waals surface area contributed by atoms with Gasteiger partial charge >= 0.3 is 0 Å². The van der Waals surface area contributed by atoms with E-state index in [1.165, 1.54) is 19.3 Å². The first kappa shape index (κ1) is 19.0. The molecule has 0 aliphatic heterocycles. The van der Waals surface area contributed by atoms with Gasteiger partial charge in [-0.15, -0.1) is 0 Å². The van der Waals surface area contributed by atoms with E-state index in [2.05, 4.69) is 31.6 Å². The Bertz CT molecular complexity index is 1180. The largest absolute Gasteiger partial charge is 0.324 e. The lowest BCUT2D eigenvalue weighted by Crippen LogP contribution is -2.25. The van der Waals surface area contributed by atoms with Crippen LogP contribution in [0.15, 0.2) is 67.4 Å². The van der Waals surface area contributed by atoms with Gasteiger partial charge in [-0.1, -0.05) is 6.42 Å². The maximum atomic E-state index is 9.21. The summed E-state index contributed by atoms with van der Waals surface area (Å²) in [6, 6.07) is 14.1. The minimum absolute atomic E-state index is 0.139. The fraction of sp³-hybridized carbons (Fsp3) is 0.261. The molecule has 3 heterocycles. The zero-order valence-corrected chi connectivity index (χ0v) is 17.0. The van der Waals surface area contributed by atoms with E-state index in [4.69, 9.17) is 0 Å². The molecule has 1 fully saturated rings. The summed E-state index contributed by atoms with van der Waals surface area (Å²) in [7, 11) is 0. The summed E-state index contributed by atoms with van der Waals surface area (Å²) >= 11 is 0. The van der Waals surface area contributed by atoms with Crippen LogP contribution in [0.25, 0.3) is 16.9 Å². The first-order valence-electron chi connectivity index (χ1n) is 10.4. The van der Waals surface area contributed by atoms with Crippen molar-refractivity contribution in [2.75, 3.05) is 5.32 Å². The Morgan fingerprint density at radius 1 is 1.13 bits per heavy atom. The maximum absolute atomic E-state index is 9.21. The number of anilines is 2. The van der Waals surface area contributed by atoms with Crippen LogP contribution in [0.5, 0.6) is 0 Å². The molecule has 154 valence electrons. The van der Waals surface area contributed by atoms with Gasteiger partial charge in [-0.3, -0.25) is 4.68 Å². The van der Waals surface area contributed by atoms with E-state index in [9.17, 15) is 5.26 Å². The second-order valence-corrected chi connectivity index (χ2v) is 7.72. The van der Waals surface area contributed by atoms with Crippen molar-refractivity contribution in [2.45, 2.75) is 31.7 Å². The van der Waals surface area contributed by atoms with E-state index in [-0.39, 0.29) is 6.04 Å². The fourth-order valence-electron chi connectivity index (χ4n) is 3.87. The highest BCUT2D eigenvalue weighted by Gasteiger charge is 2.29. The molecule has 1 aliphatic rings. The van der Waals surface area contributed by atoms with Gasteiger partial charge in [-0.2, -0.15) is 15.5 Å². The van der Waals surface area contributed by atoms with Gasteiger partial charge in [0.15, 0.2) is 0 Å². The van der Waals surface area contributed by atoms with Gasteiger partial charge in [0.1, 0.15) is 0 Å². The number of hydrogen-bond donors (Lipinski definition) is 1. The van der Waals surface area contributed by atoms with Crippen molar-refractivity contribution in [2.24, 2.45) is 5.92 Å². The third kappa shape index (κ3) is 4.03. The van der Waals surface area contributed by atoms with Crippen LogP contribution in [0.4, 0.5) is 11.6 Å². The van der Waals surface area contributed by atoms with Crippen molar-refractivity contribution >= 4 is 11.6 Å². The van der Waals surface area contributed by atoms with Crippen LogP contribution in [0.1, 0.15) is 31.7 Å². The molecular formula is C23H22N8. The number of benzene rings is 1. The highest BCUT2D eigenvalue weighted by atomic mass is 15.3. The number of aromatic nitrogens is 6. The summed E-state index contributed by atoms with van der Waals surface area (Å²) in [6.45, 7) is 0. The number of nitrogens with one attached hydrogen (secondary N) is 1. The molecule has 0 radical (unpaired) electrons. The number of nitrogens with zero attached hydrogens (tertiary/aromatic N) is 7. The zero-order chi connectivity index (χ0) is 21.0. The molecule has 5 rings (SSSR count). The molecule has 1 saturated carbocycles. The van der Waals surface area contributed by atoms with Crippen LogP contribution in [0.3, 0.4) is 0 Å². The Hall–Kier alpha value is -3.99. The molecule has 1 aliphatic carbocycles. The van der Waals surface area contributed by atoms with E-state index in [0.717, 1.165) is 22.6 Å². The number of rotatable bonds is 7. The topological polar surface area (TPSA) is 97.2 Å². The van der Waals surface area contributed by atoms with E-state index >= 15 is 0 Å². The summed E-state index contributed by atoms with van der Waals surface area (Å²) in [5.74, 6) is 1.06. The quantitative estimate of drug-likeness (QED) is 0.481. The van der Waals surface area contributed by atoms with Crippen molar-refractivity contribution in [1.82, 2.24) is 29.5 Å². The molecule has 0 amide bonds. The van der Waals surface area contributed by atoms with Gasteiger partial charge in [0.25, 0.3) is 0 Å². The van der Waals surface area contributed by atoms with Gasteiger partial charge in [0.2, 0.25) is 5.95 Å². The van der Waals surface area contributed by atoms with Crippen LogP contribution in [-0.4, -0.2) is 29.5 Å². The summed E-state index contributed by atoms with van der Waals surface area (Å²) < 4.78 is 3.74. The maximum Gasteiger partial charge on any atom is 0.227 e. The molecule has 31 heavy (non-hydrogen) atoms. The monoisotopic (exact) mass is 410 g/mol. The van der Waals surface area contributed by atoms with Crippen LogP contribution in [0, 0.1) is 17.2 Å². The van der Waals surface area contributed by atoms with Crippen LogP contribution in [-0.2, 0) is 0 Å². The number of nitriles is 1. The summed E-state index contributed by atoms with van der Waals surface area (Å²) in [5, 5.41) is 21.2. The molecule has 0 saturated heterocycles. The van der Waals surface area contributed by atoms with Crippen LogP contribution in [0.2, 0.25) is 0 Å². The lowest BCUT2D eigenvalue weighted by Gasteiger charge is -2.32. The fourth-order valence-corrected chi connectivity index (χ4v) is 3.87. The van der Waals surface area contributed by atoms with Crippen molar-refractivity contribution in [3.05, 3.63) is 67.4 Å². The number of hydrogen-bond acceptors (Lipinski definition) is 6. The van der Waals surface area contributed by atoms with Crippen LogP contribution >= 0.6 is 0 Å². The Morgan fingerprint density at radius 3 is 2.71 bits per heavy atom. The standard InChI is InChI=1S/C23H22N8/c24-11-9-22(17-3-1-4-17)31-16-18(15-27-31)21-10-13-25-23(29-21)28-19-5-7-20(8-6-19)30-14-2-12-26-30/h2,5-8,10,12-17,22H,1,3-4,9H2,(H,25,28,29). The zero-order valence-electron chi connectivity index (χ0n) is 17.0. The molecule has 1 N–H and O–H groups in total. The van der Waals surface area contributed by atoms with Crippen molar-refractivity contribution in [1.29, 1.82) is 5.26 Å². The first-order valence-corrected chi connectivity index (χ1v) is 10.4. The van der Waals surface area contributed by atoms with Gasteiger partial charge < -0.3 is 5.32 Å². The Morgan fingerprint density at radius 2 is 2.00 bits per heavy atom. The molecule has 0 spiro atoms. The predicted octanol–water partition coefficient (Wildman–Crippen LogP) is 4.52. The summed E-state index contributed by atoms with van der Waals surface area (Å²) in [5.41, 5.74) is 3.59. The molecule has 8 nitrogen and oxygen atoms in total. The van der Waals surface area contributed by atoms with E-state index < -0.39 is 0 Å². The normalized spacial score (nSPS) is 14.5. The Kier molecular flexibility index (Phi) is 5.15. The van der Waals surface area contributed by atoms with E-state index in [1.54, 1.807) is 12.4 Å². The Balaban J connectivity index is 1.32. The molecular weight excluding hydrogens is 388 g/mol. The second-order valence-electron chi connectivity index (χ2n) is 7.72. The third-order valence-electron chi connectivity index (χ3n) is 5.78. The van der Waals surface area contributed by atoms with Gasteiger partial charge in [-0.05, 0) is 55.2 Å². The molecule has 4 aromatic rings. The average molecular weight is 410 g/mol. The van der Waals surface area contributed by atoms with Gasteiger partial charge in [-0.25, -0.2) is 14.6 Å². The van der Waals surface area contributed by atoms with Crippen LogP contribution < -0.4 is 5.32 Å². The summed E-state index contributed by atoms with van der Waals surface area (Å²) in [4.78, 5) is 8.99. The lowest BCUT2D eigenvalue weighted by molar-refractivity contribution is 0.199. The molecule has 1 unspecified atom stereocenters. The molecule has 8 heteroatoms. The predicted molar refractivity (Wildman–Crippen MR) is 117 cm³/mol. The average Bonchev–Trinajstić information content (AvgIpc) is 3.46. The first-order chi connectivity index (χ1) is 15.3. The van der Waals surface area contributed by atoms with E-state index in [0.29, 0.717) is 18.3 Å². The molecule has 1 atom stereocenters. The van der Waals surface area contributed by atoms with Gasteiger partial charge in [0, 0.05) is 36.0 Å². The molecule has 0 bridgehead atoms. The summed E-state index contributed by atoms with van der Waals surface area (Å²) in [6.07, 6.45) is 13.3. The van der Waals surface area contributed by atoms with Crippen molar-refractivity contribution < 1.29 is 0 Å². The van der Waals surface area contributed by atoms with Gasteiger partial charge in [0.05, 0.1) is 36.1 Å². The van der Waals surface area contributed by atoms with Crippen molar-refractivity contribution in [3.63, 3.8) is 0 Å². The molecule has 1 aromatic carbocycles. The Labute approximate surface area is 180 Å². The minimum atomic E-state index is 0.139. The SMILES string of the molecule is N#CCC(C1CCC1)n1cc(-c2ccnc(Nc3ccc(-n4cccn4)cc3)n2)cn1. The lowest BCUT2D eigenvalue weighted by atomic mass is 9.79. The van der Waals surface area contributed by atoms with E-state index in [1.807, 2.05) is 64.4 Å².